The second-order valence-corrected chi connectivity index (χ2v) is 7.84. The van der Waals surface area contributed by atoms with E-state index in [-0.39, 0.29) is 23.4 Å². The third-order valence-corrected chi connectivity index (χ3v) is 5.41. The van der Waals surface area contributed by atoms with Gasteiger partial charge in [-0.3, -0.25) is 9.48 Å². The first-order valence-corrected chi connectivity index (χ1v) is 10.7. The van der Waals surface area contributed by atoms with E-state index in [1.165, 1.54) is 12.1 Å². The van der Waals surface area contributed by atoms with Crippen molar-refractivity contribution in [2.75, 3.05) is 5.32 Å². The van der Waals surface area contributed by atoms with Gasteiger partial charge in [-0.1, -0.05) is 42.5 Å². The number of aromatic nitrogens is 2. The van der Waals surface area contributed by atoms with Crippen LogP contribution in [0.3, 0.4) is 0 Å². The van der Waals surface area contributed by atoms with Gasteiger partial charge in [-0.05, 0) is 28.5 Å². The summed E-state index contributed by atoms with van der Waals surface area (Å²) in [5.74, 6) is -8.19. The summed E-state index contributed by atoms with van der Waals surface area (Å²) in [6.07, 6.45) is 1.72. The minimum atomic E-state index is -1.67. The number of hydrogen-bond donors (Lipinski definition) is 1. The van der Waals surface area contributed by atoms with Crippen LogP contribution in [0.1, 0.15) is 21.9 Å². The molecule has 2 heterocycles. The predicted molar refractivity (Wildman–Crippen MR) is 123 cm³/mol. The molecule has 0 spiro atoms. The fraction of sp³-hybridized carbons (Fsp3) is 0.0769. The van der Waals surface area contributed by atoms with Crippen molar-refractivity contribution in [2.24, 2.45) is 0 Å². The number of carbonyl (C=O) groups is 1. The Kier molecular flexibility index (Phi) is 6.16. The summed E-state index contributed by atoms with van der Waals surface area (Å²) in [5, 5.41) is 9.17. The topological polar surface area (TPSA) is 69.3 Å². The van der Waals surface area contributed by atoms with Crippen LogP contribution in [-0.2, 0) is 13.2 Å². The lowest BCUT2D eigenvalue weighted by Crippen LogP contribution is -2.12. The molecular weight excluding hydrogens is 478 g/mol. The van der Waals surface area contributed by atoms with Gasteiger partial charge in [0.2, 0.25) is 11.6 Å². The van der Waals surface area contributed by atoms with Crippen LogP contribution in [0.5, 0.6) is 5.75 Å². The Balaban J connectivity index is 1.23. The Morgan fingerprint density at radius 2 is 1.69 bits per heavy atom. The van der Waals surface area contributed by atoms with Crippen LogP contribution in [-0.4, -0.2) is 15.7 Å². The molecule has 0 bridgehead atoms. The minimum Gasteiger partial charge on any atom is -0.479 e. The molecule has 5 rings (SSSR count). The maximum absolute atomic E-state index is 13.7. The highest BCUT2D eigenvalue weighted by Gasteiger charge is 2.21. The van der Waals surface area contributed by atoms with Crippen LogP contribution in [0.25, 0.3) is 10.8 Å². The van der Waals surface area contributed by atoms with Crippen LogP contribution in [0.2, 0.25) is 0 Å². The highest BCUT2D eigenvalue weighted by Crippen LogP contribution is 2.27. The first-order valence-electron chi connectivity index (χ1n) is 10.7. The number of rotatable bonds is 7. The number of halogens is 4. The first-order chi connectivity index (χ1) is 17.4. The molecule has 0 unspecified atom stereocenters. The van der Waals surface area contributed by atoms with Crippen molar-refractivity contribution in [3.05, 3.63) is 113 Å². The molecule has 1 amide bonds. The van der Waals surface area contributed by atoms with E-state index in [0.717, 1.165) is 16.3 Å². The molecule has 5 aromatic rings. The van der Waals surface area contributed by atoms with Crippen molar-refractivity contribution in [1.82, 2.24) is 9.78 Å². The van der Waals surface area contributed by atoms with Gasteiger partial charge in [0, 0.05) is 18.3 Å². The highest BCUT2D eigenvalue weighted by molar-refractivity contribution is 6.01. The number of furan rings is 1. The average molecular weight is 495 g/mol. The second kappa shape index (κ2) is 9.57. The van der Waals surface area contributed by atoms with Crippen molar-refractivity contribution in [1.29, 1.82) is 0 Å². The van der Waals surface area contributed by atoms with E-state index in [2.05, 4.69) is 10.4 Å². The van der Waals surface area contributed by atoms with Crippen LogP contribution in [0.4, 0.5) is 23.4 Å². The molecular formula is C26H17F4N3O3. The Morgan fingerprint density at radius 3 is 2.50 bits per heavy atom. The summed E-state index contributed by atoms with van der Waals surface area (Å²) >= 11 is 0. The van der Waals surface area contributed by atoms with E-state index in [4.69, 9.17) is 9.15 Å². The number of fused-ring (bicyclic) bond motifs is 1. The largest absolute Gasteiger partial charge is 0.479 e. The monoisotopic (exact) mass is 495 g/mol. The molecule has 0 saturated carbocycles. The van der Waals surface area contributed by atoms with Crippen LogP contribution < -0.4 is 10.1 Å². The fourth-order valence-corrected chi connectivity index (χ4v) is 3.70. The van der Waals surface area contributed by atoms with Gasteiger partial charge in [-0.2, -0.15) is 13.9 Å². The average Bonchev–Trinajstić information content (AvgIpc) is 3.53. The van der Waals surface area contributed by atoms with Crippen molar-refractivity contribution >= 4 is 22.5 Å². The van der Waals surface area contributed by atoms with Gasteiger partial charge in [-0.15, -0.1) is 0 Å². The van der Waals surface area contributed by atoms with Gasteiger partial charge < -0.3 is 14.5 Å². The quantitative estimate of drug-likeness (QED) is 0.220. The summed E-state index contributed by atoms with van der Waals surface area (Å²) in [4.78, 5) is 12.5. The van der Waals surface area contributed by atoms with Gasteiger partial charge in [0.25, 0.3) is 5.91 Å². The molecule has 2 aromatic heterocycles. The zero-order valence-corrected chi connectivity index (χ0v) is 18.5. The zero-order valence-electron chi connectivity index (χ0n) is 18.5. The molecule has 0 aliphatic carbocycles. The number of nitrogens with zero attached hydrogens (tertiary/aromatic N) is 2. The lowest BCUT2D eigenvalue weighted by Gasteiger charge is -2.08. The van der Waals surface area contributed by atoms with Crippen molar-refractivity contribution in [3.8, 4) is 5.75 Å². The Labute approximate surface area is 201 Å². The van der Waals surface area contributed by atoms with Gasteiger partial charge >= 0.3 is 0 Å². The van der Waals surface area contributed by atoms with E-state index in [0.29, 0.717) is 6.54 Å². The molecule has 0 radical (unpaired) electrons. The Bertz CT molecular complexity index is 1550. The predicted octanol–water partition coefficient (Wildman–Crippen LogP) is 6.07. The third-order valence-electron chi connectivity index (χ3n) is 5.41. The summed E-state index contributed by atoms with van der Waals surface area (Å²) in [6.45, 7) is -0.0725. The van der Waals surface area contributed by atoms with Gasteiger partial charge in [-0.25, -0.2) is 8.78 Å². The maximum atomic E-state index is 13.7. The highest BCUT2D eigenvalue weighted by atomic mass is 19.2. The van der Waals surface area contributed by atoms with Crippen LogP contribution in [0.15, 0.2) is 77.3 Å². The fourth-order valence-electron chi connectivity index (χ4n) is 3.70. The molecule has 0 aliphatic heterocycles. The SMILES string of the molecule is O=C(Nc1ccn(Cc2cccc3ccccc23)n1)c1ccc(COc2c(F)c(F)cc(F)c2F)o1. The molecule has 6 nitrogen and oxygen atoms in total. The first kappa shape index (κ1) is 23.2. The van der Waals surface area contributed by atoms with Crippen LogP contribution in [0, 0.1) is 23.3 Å². The molecule has 3 aromatic carbocycles. The number of ether oxygens (including phenoxy) is 1. The number of anilines is 1. The molecule has 36 heavy (non-hydrogen) atoms. The molecule has 1 N–H and O–H groups in total. The lowest BCUT2D eigenvalue weighted by atomic mass is 10.0. The standard InChI is InChI=1S/C26H17F4N3O3/c27-19-12-20(28)24(30)25(23(19)29)35-14-17-8-9-21(36-17)26(34)31-22-10-11-33(32-22)13-16-6-3-5-15-4-1-2-7-18(15)16/h1-12H,13-14H2,(H,31,32,34). The van der Waals surface area contributed by atoms with E-state index in [9.17, 15) is 22.4 Å². The van der Waals surface area contributed by atoms with Gasteiger partial charge in [0.15, 0.2) is 29.0 Å². The van der Waals surface area contributed by atoms with Gasteiger partial charge in [0.05, 0.1) is 6.54 Å². The maximum Gasteiger partial charge on any atom is 0.292 e. The smallest absolute Gasteiger partial charge is 0.292 e. The number of benzene rings is 3. The molecule has 182 valence electrons. The van der Waals surface area contributed by atoms with E-state index in [1.807, 2.05) is 42.5 Å². The summed E-state index contributed by atoms with van der Waals surface area (Å²) in [7, 11) is 0. The van der Waals surface area contributed by atoms with Crippen molar-refractivity contribution < 1.29 is 31.5 Å². The van der Waals surface area contributed by atoms with E-state index >= 15 is 0 Å². The Hall–Kier alpha value is -4.60. The summed E-state index contributed by atoms with van der Waals surface area (Å²) in [6, 6.07) is 18.3. The number of hydrogen-bond acceptors (Lipinski definition) is 4. The number of nitrogens with one attached hydrogen (secondary N) is 1. The van der Waals surface area contributed by atoms with Crippen molar-refractivity contribution in [2.45, 2.75) is 13.2 Å². The molecule has 0 saturated heterocycles. The second-order valence-electron chi connectivity index (χ2n) is 7.84. The minimum absolute atomic E-state index is 0.00473. The normalized spacial score (nSPS) is 11.1. The summed E-state index contributed by atoms with van der Waals surface area (Å²) in [5.41, 5.74) is 1.07. The summed E-state index contributed by atoms with van der Waals surface area (Å²) < 4.78 is 65.9. The molecule has 0 atom stereocenters. The van der Waals surface area contributed by atoms with E-state index in [1.54, 1.807) is 16.9 Å². The van der Waals surface area contributed by atoms with Gasteiger partial charge in [0.1, 0.15) is 12.4 Å². The number of carbonyl (C=O) groups excluding carboxylic acids is 1. The molecule has 10 heteroatoms. The molecule has 0 fully saturated rings. The lowest BCUT2D eigenvalue weighted by molar-refractivity contribution is 0.0991. The van der Waals surface area contributed by atoms with Crippen LogP contribution >= 0.6 is 0 Å². The van der Waals surface area contributed by atoms with E-state index < -0.39 is 41.5 Å². The Morgan fingerprint density at radius 1 is 0.944 bits per heavy atom. The molecule has 0 aliphatic rings. The third kappa shape index (κ3) is 4.65. The van der Waals surface area contributed by atoms with Crippen molar-refractivity contribution in [3.63, 3.8) is 0 Å². The zero-order chi connectivity index (χ0) is 25.2. The number of amides is 1.